The van der Waals surface area contributed by atoms with Crippen LogP contribution in [0.4, 0.5) is 4.79 Å². The van der Waals surface area contributed by atoms with Crippen molar-refractivity contribution in [2.24, 2.45) is 114 Å². The number of esters is 5. The van der Waals surface area contributed by atoms with E-state index in [1.807, 2.05) is 125 Å². The molecular formula is C109H210N12O21. The van der Waals surface area contributed by atoms with Gasteiger partial charge in [0, 0.05) is 44.6 Å². The van der Waals surface area contributed by atoms with Crippen molar-refractivity contribution in [2.45, 2.75) is 416 Å². The van der Waals surface area contributed by atoms with E-state index in [2.05, 4.69) is 191 Å². The maximum Gasteiger partial charge on any atom is 0.408 e. The molecule has 832 valence electrons. The summed E-state index contributed by atoms with van der Waals surface area (Å²) < 4.78 is 28.9. The van der Waals surface area contributed by atoms with Crippen molar-refractivity contribution in [1.82, 2.24) is 31.1 Å². The Labute approximate surface area is 862 Å². The van der Waals surface area contributed by atoms with Gasteiger partial charge in [0.25, 0.3) is 0 Å². The van der Waals surface area contributed by atoms with Crippen LogP contribution in [0.15, 0.2) is 11.8 Å². The van der Waals surface area contributed by atoms with Crippen LogP contribution in [0.25, 0.3) is 4.85 Å². The van der Waals surface area contributed by atoms with E-state index in [-0.39, 0.29) is 86.0 Å². The molecule has 33 nitrogen and oxygen atoms in total. The smallest absolute Gasteiger partial charge is 0.408 e. The highest BCUT2D eigenvalue weighted by molar-refractivity contribution is 5.90. The lowest BCUT2D eigenvalue weighted by molar-refractivity contribution is -0.156. The molecule has 13 N–H and O–H groups in total. The second-order valence-electron chi connectivity index (χ2n) is 45.7. The van der Waals surface area contributed by atoms with E-state index in [9.17, 15) is 67.9 Å². The van der Waals surface area contributed by atoms with Crippen LogP contribution in [0.5, 0.6) is 0 Å². The Hall–Kier alpha value is -8.39. The predicted molar refractivity (Wildman–Crippen MR) is 570 cm³/mol. The largest absolute Gasteiger partial charge is 0.480 e. The summed E-state index contributed by atoms with van der Waals surface area (Å²) >= 11 is 0. The molecule has 0 aromatic carbocycles. The minimum absolute atomic E-state index is 0.00104. The molecule has 2 aliphatic heterocycles. The molecule has 4 atom stereocenters. The highest BCUT2D eigenvalue weighted by atomic mass is 16.6. The summed E-state index contributed by atoms with van der Waals surface area (Å²) in [5, 5.41) is 55.2. The summed E-state index contributed by atoms with van der Waals surface area (Å²) in [5.41, 5.74) is 14.9. The van der Waals surface area contributed by atoms with Gasteiger partial charge in [-0.2, -0.15) is 10.5 Å². The monoisotopic (exact) mass is 2020 g/mol. The van der Waals surface area contributed by atoms with Gasteiger partial charge in [0.15, 0.2) is 0 Å². The Bertz CT molecular complexity index is 3670. The van der Waals surface area contributed by atoms with Gasteiger partial charge >= 0.3 is 54.4 Å². The van der Waals surface area contributed by atoms with E-state index in [0.717, 1.165) is 64.8 Å². The summed E-state index contributed by atoms with van der Waals surface area (Å²) in [5.74, 6) is 0.0896. The average Bonchev–Trinajstić information content (AvgIpc) is 0.812. The molecule has 142 heavy (non-hydrogen) atoms. The molecule has 0 aliphatic carbocycles. The van der Waals surface area contributed by atoms with Crippen LogP contribution in [0.3, 0.4) is 0 Å². The zero-order valence-corrected chi connectivity index (χ0v) is 97.4. The average molecular weight is 2020 g/mol. The lowest BCUT2D eigenvalue weighted by Crippen LogP contribution is -2.58. The van der Waals surface area contributed by atoms with Gasteiger partial charge in [-0.25, -0.2) is 30.5 Å². The fourth-order valence-electron chi connectivity index (χ4n) is 10.8. The fourth-order valence-corrected chi connectivity index (χ4v) is 10.8. The lowest BCUT2D eigenvalue weighted by Gasteiger charge is -2.39. The third-order valence-corrected chi connectivity index (χ3v) is 27.1. The molecule has 2 heterocycles. The number of carbonyl (C=O) groups excluding carboxylic acids is 10. The number of allylic oxidation sites excluding steroid dienone is 1. The van der Waals surface area contributed by atoms with Gasteiger partial charge in [0.1, 0.15) is 46.8 Å². The van der Waals surface area contributed by atoms with Crippen molar-refractivity contribution in [3.05, 3.63) is 23.2 Å². The SMILES string of the molecule is CC(C)C(C)(C)C=O.CC(C)C(C)(C)CC(N)C(=O)O.CC(C)C(C)(C)CC(NC(=O)OC(C)(C)C)C(=O)O.CC(C)C(C)(C)CO.CCCN1CCC(C#N)(NC(=O)C(N)CC(C)(C)C(C)C)CC1.CCCN1CCC(N)(C#N)CC1.CCOC(=O)C(=CC(C)(C)C(C)C)NC=O.CCOC(=O)C(C)(C)C(C)C.CCOC(=O)C(CC(C)(C)C(C)C)NC=O.CCOC(=O)CC(C)C.[C-]#[N+]CC(=O)OCC. The first-order chi connectivity index (χ1) is 64.6. The van der Waals surface area contributed by atoms with Gasteiger partial charge in [0.2, 0.25) is 18.7 Å². The number of aliphatic hydroxyl groups is 1. The number of hydrogen-bond donors (Lipinski definition) is 10. The number of ether oxygens (including phenoxy) is 6. The van der Waals surface area contributed by atoms with Crippen molar-refractivity contribution in [3.8, 4) is 12.1 Å². The standard InChI is InChI=1S/C18H34N4O.C14H27NO4.C12H23NO3.C12H21NO3.C9H17N3.C9H19NO2.C9H18O2.C7H14O2.C7H16O.C7H14O.C5H7NO2/c1-6-9-22-10-7-18(13-19,8-11-22)21-16(23)15(20)12-17(4,5)14(2)3;1-9(2)14(6,7)8-10(11(16)17)15-12(18)19-13(3,4)5;2*1-6-16-11(15)10(13-8-14)7-12(4,5)9(2)3;1-2-5-12-6-3-9(11,8-10)4-7-12;1-6(2)9(3,4)5-7(10)8(11)12;1-6-11-8(10)9(4,5)7(2)3;1-4-9-7(8)5-6(2)3;2*1-6(2)7(3,4)5-8;1-3-8-5(7)4-6-2/h14-15H,6-12,20H2,1-5H3,(H,21,23);9-10H,8H2,1-7H3,(H,15,18)(H,16,17);8-10H,6-7H2,1-5H3,(H,13,14);7-9H,6H2,1-5H3,(H,13,14);2-7,11H2,1H3;6-7H,5,10H2,1-4H3,(H,11,12);7H,6H2,1-5H3;6H,4-5H2,1-3H3;6,8H,5H2,1-4H3;5-6H,1-4H3;3-4H2,1H3. The molecule has 4 unspecified atom stereocenters. The van der Waals surface area contributed by atoms with Crippen molar-refractivity contribution in [1.29, 1.82) is 10.5 Å². The highest BCUT2D eigenvalue weighted by Crippen LogP contribution is 2.37. The van der Waals surface area contributed by atoms with E-state index in [1.54, 1.807) is 47.6 Å². The molecular weight excluding hydrogens is 1810 g/mol. The molecule has 2 fully saturated rings. The van der Waals surface area contributed by atoms with Gasteiger partial charge in [-0.1, -0.05) is 235 Å². The summed E-state index contributed by atoms with van der Waals surface area (Å²) in [7, 11) is 0. The predicted octanol–water partition coefficient (Wildman–Crippen LogP) is 18.9. The third-order valence-electron chi connectivity index (χ3n) is 27.1. The number of aldehydes is 1. The number of nitriles is 2. The Kier molecular flexibility index (Phi) is 81.2. The summed E-state index contributed by atoms with van der Waals surface area (Å²) in [6.45, 7) is 102. The first-order valence-corrected chi connectivity index (χ1v) is 51.3. The number of carbonyl (C=O) groups is 12. The third kappa shape index (κ3) is 73.6. The van der Waals surface area contributed by atoms with Crippen molar-refractivity contribution in [3.63, 3.8) is 0 Å². The van der Waals surface area contributed by atoms with Crippen LogP contribution in [-0.4, -0.2) is 224 Å². The second kappa shape index (κ2) is 76.2. The Balaban J connectivity index is -0.000000199. The number of likely N-dealkylation sites (tertiary alicyclic amines) is 2. The normalized spacial score (nSPS) is 14.6. The van der Waals surface area contributed by atoms with Crippen LogP contribution < -0.4 is 38.5 Å². The van der Waals surface area contributed by atoms with Gasteiger partial charge in [-0.15, -0.1) is 0 Å². The first kappa shape index (κ1) is 151. The van der Waals surface area contributed by atoms with Crippen LogP contribution in [-0.2, 0) is 81.2 Å². The highest BCUT2D eigenvalue weighted by Gasteiger charge is 2.41. The number of amides is 4. The molecule has 33 heteroatoms. The van der Waals surface area contributed by atoms with E-state index in [0.29, 0.717) is 144 Å². The number of nitrogens with zero attached hydrogens (tertiary/aromatic N) is 5. The second-order valence-corrected chi connectivity index (χ2v) is 45.7. The summed E-state index contributed by atoms with van der Waals surface area (Å²) in [6, 6.07) is 1.75. The summed E-state index contributed by atoms with van der Waals surface area (Å²) in [6.07, 6.45) is 11.0. The molecule has 0 spiro atoms. The molecule has 0 radical (unpaired) electrons. The first-order valence-electron chi connectivity index (χ1n) is 51.3. The maximum atomic E-state index is 12.5. The van der Waals surface area contributed by atoms with Crippen LogP contribution in [0, 0.1) is 126 Å². The van der Waals surface area contributed by atoms with Gasteiger partial charge in [-0.05, 0) is 238 Å². The maximum absolute atomic E-state index is 12.5. The number of carboxylic acids is 2. The summed E-state index contributed by atoms with van der Waals surface area (Å²) in [4.78, 5) is 140. The van der Waals surface area contributed by atoms with Crippen molar-refractivity contribution in [2.75, 3.05) is 85.5 Å². The van der Waals surface area contributed by atoms with E-state index in [1.165, 1.54) is 6.42 Å². The van der Waals surface area contributed by atoms with E-state index in [4.69, 9.17) is 62.9 Å². The van der Waals surface area contributed by atoms with E-state index >= 15 is 0 Å². The number of carboxylic acid groups (broad SMARTS) is 2. The molecule has 0 aromatic heterocycles. The van der Waals surface area contributed by atoms with Gasteiger partial charge in [0.05, 0.1) is 56.6 Å². The van der Waals surface area contributed by atoms with Crippen LogP contribution in [0.2, 0.25) is 0 Å². The zero-order chi connectivity index (χ0) is 114. The van der Waals surface area contributed by atoms with Crippen molar-refractivity contribution < 1.29 is 101 Å². The number of aliphatic carboxylic acids is 2. The number of nitrogens with one attached hydrogen (secondary N) is 4. The molecule has 2 rings (SSSR count). The molecule has 2 saturated heterocycles. The van der Waals surface area contributed by atoms with Gasteiger partial charge < -0.3 is 102 Å². The lowest BCUT2D eigenvalue weighted by atomic mass is 9.76. The number of hydrogen-bond acceptors (Lipinski definition) is 26. The fraction of sp³-hybridized carbons (Fsp3) is 0.844. The molecule has 0 aromatic rings. The van der Waals surface area contributed by atoms with Crippen LogP contribution >= 0.6 is 0 Å². The number of alkyl carbamates (subject to hydrolysis) is 1. The van der Waals surface area contributed by atoms with E-state index < -0.39 is 70.8 Å². The minimum Gasteiger partial charge on any atom is -0.480 e. The number of aliphatic hydroxyl groups excluding tert-OH is 1. The Morgan fingerprint density at radius 2 is 0.859 bits per heavy atom. The number of rotatable bonds is 43. The Morgan fingerprint density at radius 1 is 0.479 bits per heavy atom. The zero-order valence-electron chi connectivity index (χ0n) is 97.4. The minimum atomic E-state index is -1.04. The molecule has 2 aliphatic rings. The number of piperidine rings is 2. The quantitative estimate of drug-likeness (QED) is 0.00891. The molecule has 0 saturated carbocycles. The number of nitrogens with two attached hydrogens (primary N) is 3. The Morgan fingerprint density at radius 3 is 1.15 bits per heavy atom. The molecule has 4 amide bonds. The van der Waals surface area contributed by atoms with Crippen molar-refractivity contribution >= 4 is 72.9 Å². The topological polar surface area (TPSA) is 506 Å². The van der Waals surface area contributed by atoms with Crippen LogP contribution in [0.1, 0.15) is 375 Å². The van der Waals surface area contributed by atoms with Gasteiger partial charge in [-0.3, -0.25) is 28.8 Å². The molecule has 0 bridgehead atoms.